The molecule has 23 heavy (non-hydrogen) atoms. The molecule has 0 fully saturated rings. The summed E-state index contributed by atoms with van der Waals surface area (Å²) in [5, 5.41) is 0. The van der Waals surface area contributed by atoms with E-state index >= 15 is 0 Å². The minimum Gasteiger partial charge on any atom is -0.462 e. The molecule has 0 spiro atoms. The van der Waals surface area contributed by atoms with E-state index in [1.54, 1.807) is 31.2 Å². The summed E-state index contributed by atoms with van der Waals surface area (Å²) in [6.07, 6.45) is 1.35. The van der Waals surface area contributed by atoms with Crippen molar-refractivity contribution in [3.8, 4) is 0 Å². The second-order valence-corrected chi connectivity index (χ2v) is 5.40. The largest absolute Gasteiger partial charge is 0.462 e. The number of carbonyl (C=O) groups is 3. The maximum absolute atomic E-state index is 12.8. The standard InChI is InChI=1S/C18H17NO4/c1-3-7-12-13(18(22)23-4-2)14-15(19-12)17(21)11-9-6-5-8-10(11)16(14)20/h5-6,8-9,19H,3-4,7H2,1-2H3. The maximum atomic E-state index is 12.8. The van der Waals surface area contributed by atoms with Gasteiger partial charge in [-0.25, -0.2) is 4.79 Å². The number of carbonyl (C=O) groups excluding carboxylic acids is 3. The first kappa shape index (κ1) is 15.2. The van der Waals surface area contributed by atoms with Crippen LogP contribution in [0.1, 0.15) is 68.3 Å². The average Bonchev–Trinajstić information content (AvgIpc) is 2.93. The molecule has 0 atom stereocenters. The van der Waals surface area contributed by atoms with Gasteiger partial charge in [0.2, 0.25) is 5.78 Å². The number of hydrogen-bond donors (Lipinski definition) is 1. The number of aromatic nitrogens is 1. The molecule has 1 aliphatic carbocycles. The van der Waals surface area contributed by atoms with E-state index in [1.807, 2.05) is 6.92 Å². The van der Waals surface area contributed by atoms with Crippen LogP contribution in [-0.4, -0.2) is 29.1 Å². The average molecular weight is 311 g/mol. The van der Waals surface area contributed by atoms with Crippen LogP contribution in [0.3, 0.4) is 0 Å². The lowest BCUT2D eigenvalue weighted by Crippen LogP contribution is -2.22. The molecule has 0 bridgehead atoms. The molecule has 1 aromatic carbocycles. The third-order valence-electron chi connectivity index (χ3n) is 3.93. The van der Waals surface area contributed by atoms with Crippen molar-refractivity contribution in [2.24, 2.45) is 0 Å². The summed E-state index contributed by atoms with van der Waals surface area (Å²) in [5.74, 6) is -1.13. The van der Waals surface area contributed by atoms with Crippen molar-refractivity contribution in [1.82, 2.24) is 4.98 Å². The number of ether oxygens (including phenoxy) is 1. The van der Waals surface area contributed by atoms with Crippen LogP contribution in [0.25, 0.3) is 0 Å². The van der Waals surface area contributed by atoms with E-state index in [-0.39, 0.29) is 35.0 Å². The molecule has 5 nitrogen and oxygen atoms in total. The van der Waals surface area contributed by atoms with Crippen molar-refractivity contribution in [3.05, 3.63) is 57.9 Å². The highest BCUT2D eigenvalue weighted by Gasteiger charge is 2.37. The number of hydrogen-bond acceptors (Lipinski definition) is 4. The molecule has 0 unspecified atom stereocenters. The lowest BCUT2D eigenvalue weighted by atomic mass is 9.86. The summed E-state index contributed by atoms with van der Waals surface area (Å²) < 4.78 is 5.09. The Morgan fingerprint density at radius 2 is 1.74 bits per heavy atom. The highest BCUT2D eigenvalue weighted by Crippen LogP contribution is 2.32. The highest BCUT2D eigenvalue weighted by atomic mass is 16.5. The van der Waals surface area contributed by atoms with Gasteiger partial charge in [-0.05, 0) is 13.3 Å². The SMILES string of the molecule is CCCc1[nH]c2c(c1C(=O)OCC)C(=O)c1ccccc1C2=O. The zero-order chi connectivity index (χ0) is 16.6. The molecule has 1 aromatic heterocycles. The Balaban J connectivity index is 2.24. The summed E-state index contributed by atoms with van der Waals surface area (Å²) in [6.45, 7) is 3.88. The van der Waals surface area contributed by atoms with Crippen molar-refractivity contribution in [3.63, 3.8) is 0 Å². The van der Waals surface area contributed by atoms with E-state index in [1.165, 1.54) is 0 Å². The van der Waals surface area contributed by atoms with Gasteiger partial charge in [-0.1, -0.05) is 37.6 Å². The second-order valence-electron chi connectivity index (χ2n) is 5.40. The topological polar surface area (TPSA) is 76.2 Å². The molecule has 5 heteroatoms. The van der Waals surface area contributed by atoms with E-state index in [2.05, 4.69) is 4.98 Å². The van der Waals surface area contributed by atoms with E-state index in [4.69, 9.17) is 4.74 Å². The molecule has 0 amide bonds. The van der Waals surface area contributed by atoms with Gasteiger partial charge < -0.3 is 9.72 Å². The van der Waals surface area contributed by atoms with Crippen LogP contribution in [0.4, 0.5) is 0 Å². The third kappa shape index (κ3) is 2.29. The van der Waals surface area contributed by atoms with E-state index in [0.29, 0.717) is 23.2 Å². The van der Waals surface area contributed by atoms with Gasteiger partial charge in [-0.2, -0.15) is 0 Å². The van der Waals surface area contributed by atoms with Crippen molar-refractivity contribution < 1.29 is 19.1 Å². The minimum atomic E-state index is -0.561. The number of benzene rings is 1. The maximum Gasteiger partial charge on any atom is 0.340 e. The molecule has 0 saturated heterocycles. The zero-order valence-electron chi connectivity index (χ0n) is 13.1. The van der Waals surface area contributed by atoms with Crippen LogP contribution < -0.4 is 0 Å². The molecule has 0 aliphatic heterocycles. The van der Waals surface area contributed by atoms with Crippen molar-refractivity contribution in [2.75, 3.05) is 6.61 Å². The number of ketones is 2. The van der Waals surface area contributed by atoms with Crippen molar-refractivity contribution in [2.45, 2.75) is 26.7 Å². The molecule has 2 aromatic rings. The number of esters is 1. The fourth-order valence-corrected chi connectivity index (χ4v) is 2.96. The Morgan fingerprint density at radius 3 is 2.35 bits per heavy atom. The molecule has 0 radical (unpaired) electrons. The molecule has 1 N–H and O–H groups in total. The molecular weight excluding hydrogens is 294 g/mol. The van der Waals surface area contributed by atoms with E-state index < -0.39 is 5.97 Å². The summed E-state index contributed by atoms with van der Waals surface area (Å²) in [7, 11) is 0. The second kappa shape index (κ2) is 5.83. The molecule has 0 saturated carbocycles. The van der Waals surface area contributed by atoms with Crippen LogP contribution in [-0.2, 0) is 11.2 Å². The highest BCUT2D eigenvalue weighted by molar-refractivity contribution is 6.30. The van der Waals surface area contributed by atoms with Gasteiger partial charge in [0.25, 0.3) is 0 Å². The number of fused-ring (bicyclic) bond motifs is 2. The molecule has 3 rings (SSSR count). The number of aromatic amines is 1. The smallest absolute Gasteiger partial charge is 0.340 e. The van der Waals surface area contributed by atoms with Crippen molar-refractivity contribution >= 4 is 17.5 Å². The number of nitrogens with one attached hydrogen (secondary N) is 1. The van der Waals surface area contributed by atoms with Crippen LogP contribution in [0.15, 0.2) is 24.3 Å². The van der Waals surface area contributed by atoms with Gasteiger partial charge in [0, 0.05) is 16.8 Å². The lowest BCUT2D eigenvalue weighted by molar-refractivity contribution is 0.0522. The van der Waals surface area contributed by atoms with E-state index in [0.717, 1.165) is 6.42 Å². The van der Waals surface area contributed by atoms with Gasteiger partial charge in [-0.3, -0.25) is 9.59 Å². The summed E-state index contributed by atoms with van der Waals surface area (Å²) in [6, 6.07) is 6.67. The quantitative estimate of drug-likeness (QED) is 0.752. The minimum absolute atomic E-state index is 0.149. The Morgan fingerprint density at radius 1 is 1.09 bits per heavy atom. The van der Waals surface area contributed by atoms with Gasteiger partial charge >= 0.3 is 5.97 Å². The van der Waals surface area contributed by atoms with Gasteiger partial charge in [0.15, 0.2) is 5.78 Å². The summed E-state index contributed by atoms with van der Waals surface area (Å²) in [5.41, 5.74) is 1.83. The normalized spacial score (nSPS) is 12.8. The zero-order valence-corrected chi connectivity index (χ0v) is 13.1. The van der Waals surface area contributed by atoms with Crippen LogP contribution in [0, 0.1) is 0 Å². The molecular formula is C18H17NO4. The lowest BCUT2D eigenvalue weighted by Gasteiger charge is -2.14. The Bertz CT molecular complexity index is 816. The third-order valence-corrected chi connectivity index (χ3v) is 3.93. The number of aryl methyl sites for hydroxylation is 1. The van der Waals surface area contributed by atoms with Crippen LogP contribution in [0.5, 0.6) is 0 Å². The molecule has 118 valence electrons. The first-order chi connectivity index (χ1) is 11.1. The van der Waals surface area contributed by atoms with Crippen LogP contribution in [0.2, 0.25) is 0 Å². The van der Waals surface area contributed by atoms with Crippen molar-refractivity contribution in [1.29, 1.82) is 0 Å². The first-order valence-corrected chi connectivity index (χ1v) is 7.70. The van der Waals surface area contributed by atoms with E-state index in [9.17, 15) is 14.4 Å². The van der Waals surface area contributed by atoms with Gasteiger partial charge in [-0.15, -0.1) is 0 Å². The van der Waals surface area contributed by atoms with Crippen LogP contribution >= 0.6 is 0 Å². The predicted molar refractivity (Wildman–Crippen MR) is 84.1 cm³/mol. The Labute approximate surface area is 133 Å². The fourth-order valence-electron chi connectivity index (χ4n) is 2.96. The Hall–Kier alpha value is -2.69. The number of H-pyrrole nitrogens is 1. The fraction of sp³-hybridized carbons (Fsp3) is 0.278. The Kier molecular flexibility index (Phi) is 3.86. The summed E-state index contributed by atoms with van der Waals surface area (Å²) >= 11 is 0. The molecule has 1 heterocycles. The van der Waals surface area contributed by atoms with Gasteiger partial charge in [0.05, 0.1) is 23.4 Å². The molecule has 1 aliphatic rings. The van der Waals surface area contributed by atoms with Gasteiger partial charge in [0.1, 0.15) is 0 Å². The number of rotatable bonds is 4. The predicted octanol–water partition coefficient (Wildman–Crippen LogP) is 2.92. The monoisotopic (exact) mass is 311 g/mol. The first-order valence-electron chi connectivity index (χ1n) is 7.70. The summed E-state index contributed by atoms with van der Waals surface area (Å²) in [4.78, 5) is 40.8.